The largest absolute Gasteiger partial charge is 0.205 e. The zero-order chi connectivity index (χ0) is 18.8. The summed E-state index contributed by atoms with van der Waals surface area (Å²) in [5.41, 5.74) is 4.70. The van der Waals surface area contributed by atoms with Crippen molar-refractivity contribution in [3.8, 4) is 6.07 Å². The van der Waals surface area contributed by atoms with Gasteiger partial charge in [-0.05, 0) is 77.1 Å². The Morgan fingerprint density at radius 3 is 2.70 bits per heavy atom. The van der Waals surface area contributed by atoms with Crippen molar-refractivity contribution in [1.29, 1.82) is 5.26 Å². The number of nitrogens with zero attached hydrogens (tertiary/aromatic N) is 1. The average Bonchev–Trinajstić information content (AvgIpc) is 2.71. The Morgan fingerprint density at radius 1 is 1.07 bits per heavy atom. The molecule has 1 aliphatic rings. The minimum atomic E-state index is -0.313. The van der Waals surface area contributed by atoms with E-state index >= 15 is 0 Å². The van der Waals surface area contributed by atoms with Crippen molar-refractivity contribution in [2.75, 3.05) is 0 Å². The number of nitriles is 1. The maximum absolute atomic E-state index is 14.4. The third-order valence-electron chi connectivity index (χ3n) is 5.89. The molecule has 1 nitrogen and oxygen atoms in total. The lowest BCUT2D eigenvalue weighted by atomic mass is 9.79. The van der Waals surface area contributed by atoms with E-state index in [0.717, 1.165) is 30.4 Å². The summed E-state index contributed by atoms with van der Waals surface area (Å²) >= 11 is 0. The summed E-state index contributed by atoms with van der Waals surface area (Å²) in [6.45, 7) is 2.22. The lowest BCUT2D eigenvalue weighted by Crippen LogP contribution is -2.15. The molecule has 0 heterocycles. The average molecular weight is 357 g/mol. The molecule has 0 aliphatic heterocycles. The minimum Gasteiger partial charge on any atom is -0.205 e. The quantitative estimate of drug-likeness (QED) is 0.525. The molecule has 0 spiro atoms. The van der Waals surface area contributed by atoms with Gasteiger partial charge in [-0.25, -0.2) is 4.39 Å². The molecule has 3 aromatic carbocycles. The Labute approximate surface area is 160 Å². The molecule has 0 radical (unpaired) electrons. The first-order valence-electron chi connectivity index (χ1n) is 9.92. The number of hydrogen-bond donors (Lipinski definition) is 0. The SMILES string of the molecule is CCCCc1ccc2cc(C3CCc4c(ccc(C#N)c4F)C3)ccc2c1. The first kappa shape index (κ1) is 17.7. The summed E-state index contributed by atoms with van der Waals surface area (Å²) in [7, 11) is 0. The van der Waals surface area contributed by atoms with Gasteiger partial charge in [0.25, 0.3) is 0 Å². The highest BCUT2D eigenvalue weighted by Gasteiger charge is 2.24. The molecule has 3 aromatic rings. The molecule has 0 saturated heterocycles. The van der Waals surface area contributed by atoms with Gasteiger partial charge in [0.05, 0.1) is 5.56 Å². The molecule has 0 saturated carbocycles. The second-order valence-electron chi connectivity index (χ2n) is 7.66. The van der Waals surface area contributed by atoms with Crippen molar-refractivity contribution < 1.29 is 4.39 Å². The Hall–Kier alpha value is -2.66. The lowest BCUT2D eigenvalue weighted by Gasteiger charge is -2.26. The van der Waals surface area contributed by atoms with Crippen molar-refractivity contribution in [2.45, 2.75) is 51.4 Å². The van der Waals surface area contributed by atoms with Crippen LogP contribution in [0.15, 0.2) is 48.5 Å². The maximum atomic E-state index is 14.4. The molecule has 1 atom stereocenters. The standard InChI is InChI=1S/C25H24FN/c1-2-3-4-17-5-6-19-14-20(8-7-18(19)13-17)21-11-12-24-22(15-21)9-10-23(16-27)25(24)26/h5-10,13-14,21H,2-4,11-12,15H2,1H3. The van der Waals surface area contributed by atoms with Crippen LogP contribution in [0.4, 0.5) is 4.39 Å². The topological polar surface area (TPSA) is 23.8 Å². The van der Waals surface area contributed by atoms with Gasteiger partial charge in [0.1, 0.15) is 11.9 Å². The van der Waals surface area contributed by atoms with Gasteiger partial charge < -0.3 is 0 Å². The van der Waals surface area contributed by atoms with Gasteiger partial charge >= 0.3 is 0 Å². The van der Waals surface area contributed by atoms with Crippen LogP contribution in [-0.4, -0.2) is 0 Å². The Morgan fingerprint density at radius 2 is 1.89 bits per heavy atom. The first-order valence-corrected chi connectivity index (χ1v) is 9.92. The molecule has 2 heteroatoms. The van der Waals surface area contributed by atoms with Crippen molar-refractivity contribution in [3.05, 3.63) is 82.2 Å². The number of halogens is 1. The van der Waals surface area contributed by atoms with Gasteiger partial charge in [0.15, 0.2) is 0 Å². The van der Waals surface area contributed by atoms with Crippen LogP contribution < -0.4 is 0 Å². The maximum Gasteiger partial charge on any atom is 0.144 e. The predicted octanol–water partition coefficient (Wildman–Crippen LogP) is 6.47. The van der Waals surface area contributed by atoms with Crippen LogP contribution >= 0.6 is 0 Å². The molecule has 136 valence electrons. The van der Waals surface area contributed by atoms with E-state index in [9.17, 15) is 4.39 Å². The Kier molecular flexibility index (Phi) is 4.94. The summed E-state index contributed by atoms with van der Waals surface area (Å²) in [6.07, 6.45) is 6.07. The zero-order valence-corrected chi connectivity index (χ0v) is 15.8. The molecule has 0 bridgehead atoms. The lowest BCUT2D eigenvalue weighted by molar-refractivity contribution is 0.540. The summed E-state index contributed by atoms with van der Waals surface area (Å²) in [5.74, 6) is 0.0978. The van der Waals surface area contributed by atoms with E-state index < -0.39 is 0 Å². The van der Waals surface area contributed by atoms with E-state index in [4.69, 9.17) is 5.26 Å². The fraction of sp³-hybridized carbons (Fsp3) is 0.320. The zero-order valence-electron chi connectivity index (χ0n) is 15.8. The second-order valence-corrected chi connectivity index (χ2v) is 7.66. The van der Waals surface area contributed by atoms with Crippen molar-refractivity contribution >= 4 is 10.8 Å². The molecule has 1 unspecified atom stereocenters. The highest BCUT2D eigenvalue weighted by atomic mass is 19.1. The van der Waals surface area contributed by atoms with E-state index in [1.165, 1.54) is 34.7 Å². The molecule has 0 N–H and O–H groups in total. The van der Waals surface area contributed by atoms with Crippen LogP contribution in [0.1, 0.15) is 59.9 Å². The van der Waals surface area contributed by atoms with Gasteiger partial charge in [-0.3, -0.25) is 0 Å². The van der Waals surface area contributed by atoms with E-state index in [2.05, 4.69) is 43.3 Å². The third-order valence-corrected chi connectivity index (χ3v) is 5.89. The molecule has 0 aromatic heterocycles. The fourth-order valence-electron chi connectivity index (χ4n) is 4.28. The molecule has 4 rings (SSSR count). The third kappa shape index (κ3) is 3.47. The van der Waals surface area contributed by atoms with Crippen LogP contribution in [-0.2, 0) is 19.3 Å². The predicted molar refractivity (Wildman–Crippen MR) is 108 cm³/mol. The molecule has 0 amide bonds. The Balaban J connectivity index is 1.60. The summed E-state index contributed by atoms with van der Waals surface area (Å²) in [5, 5.41) is 11.6. The van der Waals surface area contributed by atoms with E-state index in [1.807, 2.05) is 12.1 Å². The highest BCUT2D eigenvalue weighted by Crippen LogP contribution is 2.35. The van der Waals surface area contributed by atoms with Crippen LogP contribution in [0.5, 0.6) is 0 Å². The van der Waals surface area contributed by atoms with Gasteiger partial charge in [0.2, 0.25) is 0 Å². The highest BCUT2D eigenvalue weighted by molar-refractivity contribution is 5.84. The fourth-order valence-corrected chi connectivity index (χ4v) is 4.28. The first-order chi connectivity index (χ1) is 13.2. The van der Waals surface area contributed by atoms with Gasteiger partial charge in [-0.1, -0.05) is 55.8 Å². The second kappa shape index (κ2) is 7.53. The van der Waals surface area contributed by atoms with E-state index in [0.29, 0.717) is 12.3 Å². The van der Waals surface area contributed by atoms with Gasteiger partial charge in [-0.2, -0.15) is 5.26 Å². The van der Waals surface area contributed by atoms with Gasteiger partial charge in [-0.15, -0.1) is 0 Å². The molecular weight excluding hydrogens is 333 g/mol. The van der Waals surface area contributed by atoms with E-state index in [1.54, 1.807) is 6.07 Å². The van der Waals surface area contributed by atoms with Crippen molar-refractivity contribution in [1.82, 2.24) is 0 Å². The van der Waals surface area contributed by atoms with Crippen LogP contribution in [0.3, 0.4) is 0 Å². The monoisotopic (exact) mass is 357 g/mol. The molecule has 1 aliphatic carbocycles. The smallest absolute Gasteiger partial charge is 0.144 e. The van der Waals surface area contributed by atoms with Crippen LogP contribution in [0, 0.1) is 17.1 Å². The van der Waals surface area contributed by atoms with Crippen molar-refractivity contribution in [3.63, 3.8) is 0 Å². The number of fused-ring (bicyclic) bond motifs is 2. The number of aryl methyl sites for hydroxylation is 1. The number of rotatable bonds is 4. The summed E-state index contributed by atoms with van der Waals surface area (Å²) in [4.78, 5) is 0. The Bertz CT molecular complexity index is 1030. The van der Waals surface area contributed by atoms with Crippen LogP contribution in [0.25, 0.3) is 10.8 Å². The number of hydrogen-bond acceptors (Lipinski definition) is 1. The van der Waals surface area contributed by atoms with Gasteiger partial charge in [0, 0.05) is 0 Å². The molecule has 0 fully saturated rings. The summed E-state index contributed by atoms with van der Waals surface area (Å²) < 4.78 is 14.4. The number of benzene rings is 3. The number of unbranched alkanes of at least 4 members (excludes halogenated alkanes) is 1. The molecule has 27 heavy (non-hydrogen) atoms. The molecular formula is C25H24FN. The van der Waals surface area contributed by atoms with Crippen molar-refractivity contribution in [2.24, 2.45) is 0 Å². The summed E-state index contributed by atoms with van der Waals surface area (Å²) in [6, 6.07) is 19.1. The minimum absolute atomic E-state index is 0.164. The van der Waals surface area contributed by atoms with E-state index in [-0.39, 0.29) is 11.4 Å². The normalized spacial score (nSPS) is 16.1. The van der Waals surface area contributed by atoms with Crippen LogP contribution in [0.2, 0.25) is 0 Å².